The lowest BCUT2D eigenvalue weighted by molar-refractivity contribution is -0.384. The lowest BCUT2D eigenvalue weighted by atomic mass is 10.0. The van der Waals surface area contributed by atoms with Crippen molar-refractivity contribution in [2.75, 3.05) is 11.9 Å². The fourth-order valence-electron chi connectivity index (χ4n) is 2.57. The number of rotatable bonds is 7. The molecule has 0 atom stereocenters. The molecule has 0 fully saturated rings. The highest BCUT2D eigenvalue weighted by molar-refractivity contribution is 7.14. The van der Waals surface area contributed by atoms with Crippen LogP contribution in [0.25, 0.3) is 0 Å². The summed E-state index contributed by atoms with van der Waals surface area (Å²) in [4.78, 5) is 22.8. The number of nitriles is 1. The summed E-state index contributed by atoms with van der Waals surface area (Å²) in [6, 6.07) is 17.4. The minimum Gasteiger partial charge on any atom is -0.483 e. The third-order valence-electron chi connectivity index (χ3n) is 3.89. The molecule has 7 nitrogen and oxygen atoms in total. The molecule has 8 heteroatoms. The molecule has 3 rings (SSSR count). The van der Waals surface area contributed by atoms with E-state index < -0.39 is 10.8 Å². The normalized spacial score (nSPS) is 10.1. The number of anilines is 1. The highest BCUT2D eigenvalue weighted by atomic mass is 32.1. The number of nitrogens with zero attached hydrogens (tertiary/aromatic N) is 2. The van der Waals surface area contributed by atoms with Crippen LogP contribution in [0.1, 0.15) is 16.7 Å². The molecule has 0 bridgehead atoms. The fourth-order valence-corrected chi connectivity index (χ4v) is 3.33. The van der Waals surface area contributed by atoms with Gasteiger partial charge >= 0.3 is 0 Å². The van der Waals surface area contributed by atoms with E-state index >= 15 is 0 Å². The average molecular weight is 393 g/mol. The molecular formula is C20H15N3O4S. The van der Waals surface area contributed by atoms with Crippen molar-refractivity contribution in [1.82, 2.24) is 0 Å². The maximum Gasteiger partial charge on any atom is 0.269 e. The number of hydrogen-bond acceptors (Lipinski definition) is 6. The molecule has 1 aromatic heterocycles. The summed E-state index contributed by atoms with van der Waals surface area (Å²) in [5, 5.41) is 24.9. The second-order valence-electron chi connectivity index (χ2n) is 5.82. The van der Waals surface area contributed by atoms with E-state index in [0.717, 1.165) is 5.56 Å². The zero-order valence-electron chi connectivity index (χ0n) is 14.6. The van der Waals surface area contributed by atoms with Crippen LogP contribution in [0, 0.1) is 21.4 Å². The van der Waals surface area contributed by atoms with Gasteiger partial charge in [-0.15, -0.1) is 11.3 Å². The molecule has 0 spiro atoms. The first kappa shape index (κ1) is 19.1. The van der Waals surface area contributed by atoms with Gasteiger partial charge in [0, 0.05) is 24.1 Å². The van der Waals surface area contributed by atoms with Crippen LogP contribution < -0.4 is 10.1 Å². The number of non-ortho nitro benzene ring substituents is 1. The Morgan fingerprint density at radius 2 is 2.00 bits per heavy atom. The maximum absolute atomic E-state index is 12.1. The van der Waals surface area contributed by atoms with E-state index in [9.17, 15) is 14.9 Å². The van der Waals surface area contributed by atoms with Crippen molar-refractivity contribution >= 4 is 27.9 Å². The van der Waals surface area contributed by atoms with E-state index in [1.807, 2.05) is 36.4 Å². The van der Waals surface area contributed by atoms with E-state index in [4.69, 9.17) is 10.00 Å². The molecule has 3 aromatic rings. The number of hydrogen-bond donors (Lipinski definition) is 1. The van der Waals surface area contributed by atoms with Crippen LogP contribution in [0.2, 0.25) is 0 Å². The highest BCUT2D eigenvalue weighted by Crippen LogP contribution is 2.27. The number of amides is 1. The average Bonchev–Trinajstić information content (AvgIpc) is 3.14. The van der Waals surface area contributed by atoms with Gasteiger partial charge in [-0.1, -0.05) is 30.3 Å². The van der Waals surface area contributed by atoms with Crippen molar-refractivity contribution in [2.45, 2.75) is 6.42 Å². The summed E-state index contributed by atoms with van der Waals surface area (Å²) >= 11 is 1.25. The van der Waals surface area contributed by atoms with Gasteiger partial charge in [-0.25, -0.2) is 0 Å². The number of benzene rings is 2. The lowest BCUT2D eigenvalue weighted by Gasteiger charge is -2.12. The Hall–Kier alpha value is -3.70. The summed E-state index contributed by atoms with van der Waals surface area (Å²) < 4.78 is 5.62. The summed E-state index contributed by atoms with van der Waals surface area (Å²) in [6.07, 6.45) is 0.434. The summed E-state index contributed by atoms with van der Waals surface area (Å²) in [5.74, 6) is -0.0146. The molecule has 1 heterocycles. The second kappa shape index (κ2) is 8.79. The number of carbonyl (C=O) groups excluding carboxylic acids is 1. The predicted octanol–water partition coefficient (Wildman–Crippen LogP) is 4.14. The Balaban J connectivity index is 1.74. The first-order valence-electron chi connectivity index (χ1n) is 8.28. The van der Waals surface area contributed by atoms with Crippen molar-refractivity contribution in [3.8, 4) is 11.8 Å². The van der Waals surface area contributed by atoms with Crippen molar-refractivity contribution in [3.05, 3.63) is 86.8 Å². The minimum absolute atomic E-state index is 0.0417. The van der Waals surface area contributed by atoms with Crippen LogP contribution >= 0.6 is 11.3 Å². The van der Waals surface area contributed by atoms with Crippen LogP contribution in [0.15, 0.2) is 60.0 Å². The highest BCUT2D eigenvalue weighted by Gasteiger charge is 2.14. The fraction of sp³-hybridized carbons (Fsp3) is 0.100. The van der Waals surface area contributed by atoms with E-state index in [1.54, 1.807) is 11.4 Å². The van der Waals surface area contributed by atoms with Gasteiger partial charge in [-0.3, -0.25) is 14.9 Å². The zero-order valence-corrected chi connectivity index (χ0v) is 15.4. The molecule has 28 heavy (non-hydrogen) atoms. The topological polar surface area (TPSA) is 105 Å². The molecule has 140 valence electrons. The maximum atomic E-state index is 12.1. The molecule has 0 saturated carbocycles. The van der Waals surface area contributed by atoms with Crippen molar-refractivity contribution in [3.63, 3.8) is 0 Å². The summed E-state index contributed by atoms with van der Waals surface area (Å²) in [7, 11) is 0. The van der Waals surface area contributed by atoms with Gasteiger partial charge in [0.2, 0.25) is 0 Å². The Kier molecular flexibility index (Phi) is 5.99. The van der Waals surface area contributed by atoms with Crippen molar-refractivity contribution in [1.29, 1.82) is 5.26 Å². The molecule has 0 unspecified atom stereocenters. The standard InChI is InChI=1S/C20H15N3O4S/c21-12-15-8-9-28-20(15)22-19(24)13-27-18-7-6-17(23(25)26)11-16(18)10-14-4-2-1-3-5-14/h1-9,11H,10,13H2,(H,22,24). The van der Waals surface area contributed by atoms with E-state index in [1.165, 1.54) is 29.5 Å². The van der Waals surface area contributed by atoms with Gasteiger partial charge in [0.1, 0.15) is 16.8 Å². The molecule has 0 radical (unpaired) electrons. The molecular weight excluding hydrogens is 378 g/mol. The van der Waals surface area contributed by atoms with E-state index in [0.29, 0.717) is 28.3 Å². The third kappa shape index (κ3) is 4.72. The van der Waals surface area contributed by atoms with Crippen LogP contribution in [0.5, 0.6) is 5.75 Å². The van der Waals surface area contributed by atoms with Gasteiger partial charge in [-0.2, -0.15) is 5.26 Å². The molecule has 2 aromatic carbocycles. The molecule has 0 aliphatic rings. The first-order valence-corrected chi connectivity index (χ1v) is 9.16. The Bertz CT molecular complexity index is 1040. The number of thiophene rings is 1. The van der Waals surface area contributed by atoms with Gasteiger partial charge in [0.15, 0.2) is 6.61 Å². The predicted molar refractivity (Wildman–Crippen MR) is 106 cm³/mol. The van der Waals surface area contributed by atoms with Gasteiger partial charge in [0.05, 0.1) is 10.5 Å². The number of nitro groups is 1. The monoisotopic (exact) mass is 393 g/mol. The lowest BCUT2D eigenvalue weighted by Crippen LogP contribution is -2.20. The zero-order chi connectivity index (χ0) is 19.9. The summed E-state index contributed by atoms with van der Waals surface area (Å²) in [6.45, 7) is -0.275. The van der Waals surface area contributed by atoms with Gasteiger partial charge < -0.3 is 10.1 Å². The van der Waals surface area contributed by atoms with Crippen LogP contribution in [0.3, 0.4) is 0 Å². The Labute approximate surface area is 165 Å². The number of nitrogens with one attached hydrogen (secondary N) is 1. The van der Waals surface area contributed by atoms with Gasteiger partial charge in [0.25, 0.3) is 11.6 Å². The quantitative estimate of drug-likeness (QED) is 0.480. The minimum atomic E-state index is -0.467. The molecule has 1 amide bonds. The third-order valence-corrected chi connectivity index (χ3v) is 4.72. The van der Waals surface area contributed by atoms with E-state index in [2.05, 4.69) is 5.32 Å². The van der Waals surface area contributed by atoms with Crippen LogP contribution in [-0.4, -0.2) is 17.4 Å². The second-order valence-corrected chi connectivity index (χ2v) is 6.74. The van der Waals surface area contributed by atoms with Crippen LogP contribution in [-0.2, 0) is 11.2 Å². The summed E-state index contributed by atoms with van der Waals surface area (Å²) in [5.41, 5.74) is 1.93. The smallest absolute Gasteiger partial charge is 0.269 e. The Morgan fingerprint density at radius 1 is 1.21 bits per heavy atom. The first-order chi connectivity index (χ1) is 13.6. The number of carbonyl (C=O) groups is 1. The van der Waals surface area contributed by atoms with E-state index in [-0.39, 0.29) is 12.3 Å². The number of ether oxygens (including phenoxy) is 1. The number of nitro benzene ring substituents is 1. The molecule has 0 saturated heterocycles. The largest absolute Gasteiger partial charge is 0.483 e. The molecule has 0 aliphatic heterocycles. The van der Waals surface area contributed by atoms with Crippen molar-refractivity contribution < 1.29 is 14.5 Å². The van der Waals surface area contributed by atoms with Gasteiger partial charge in [-0.05, 0) is 23.1 Å². The SMILES string of the molecule is N#Cc1ccsc1NC(=O)COc1ccc([N+](=O)[O-])cc1Cc1ccccc1. The molecule has 0 aliphatic carbocycles. The van der Waals surface area contributed by atoms with Crippen molar-refractivity contribution in [2.24, 2.45) is 0 Å². The van der Waals surface area contributed by atoms with Crippen LogP contribution in [0.4, 0.5) is 10.7 Å². The Morgan fingerprint density at radius 3 is 2.71 bits per heavy atom. The molecule has 1 N–H and O–H groups in total.